The lowest BCUT2D eigenvalue weighted by Gasteiger charge is -2.23. The number of nitrogens with zero attached hydrogens (tertiary/aromatic N) is 1. The summed E-state index contributed by atoms with van der Waals surface area (Å²) in [6.07, 6.45) is 0.820. The fraction of sp³-hybridized carbons (Fsp3) is 0.455. The van der Waals surface area contributed by atoms with Crippen LogP contribution in [0, 0.1) is 0 Å². The third kappa shape index (κ3) is 2.30. The van der Waals surface area contributed by atoms with Crippen molar-refractivity contribution in [3.05, 3.63) is 23.9 Å². The molecule has 1 unspecified atom stereocenters. The van der Waals surface area contributed by atoms with E-state index in [9.17, 15) is 4.79 Å². The maximum atomic E-state index is 11.9. The summed E-state index contributed by atoms with van der Waals surface area (Å²) in [5.41, 5.74) is 5.57. The molecule has 0 radical (unpaired) electrons. The first-order chi connectivity index (χ1) is 7.59. The van der Waals surface area contributed by atoms with E-state index in [1.807, 2.05) is 6.92 Å². The van der Waals surface area contributed by atoms with Gasteiger partial charge >= 0.3 is 0 Å². The van der Waals surface area contributed by atoms with E-state index in [0.717, 1.165) is 6.42 Å². The van der Waals surface area contributed by atoms with Crippen LogP contribution >= 0.6 is 0 Å². The Bertz CT molecular complexity index is 400. The Labute approximate surface area is 94.0 Å². The average Bonchev–Trinajstić information content (AvgIpc) is 2.65. The van der Waals surface area contributed by atoms with E-state index in [2.05, 4.69) is 10.3 Å². The molecule has 0 spiro atoms. The maximum absolute atomic E-state index is 11.9. The molecule has 5 heteroatoms. The topological polar surface area (TPSA) is 77.2 Å². The molecule has 1 aromatic rings. The zero-order valence-electron chi connectivity index (χ0n) is 9.19. The number of amides is 1. The molecule has 0 saturated carbocycles. The molecule has 86 valence electrons. The van der Waals surface area contributed by atoms with Crippen LogP contribution in [0.2, 0.25) is 0 Å². The number of anilines is 1. The molecule has 16 heavy (non-hydrogen) atoms. The Morgan fingerprint density at radius 1 is 1.62 bits per heavy atom. The molecule has 1 aromatic heterocycles. The van der Waals surface area contributed by atoms with Crippen LogP contribution < -0.4 is 11.1 Å². The van der Waals surface area contributed by atoms with E-state index >= 15 is 0 Å². The summed E-state index contributed by atoms with van der Waals surface area (Å²) >= 11 is 0. The first-order valence-electron chi connectivity index (χ1n) is 5.22. The number of nitrogens with one attached hydrogen (secondary N) is 1. The first-order valence-corrected chi connectivity index (χ1v) is 5.22. The average molecular weight is 221 g/mol. The molecule has 1 amide bonds. The second-order valence-electron chi connectivity index (χ2n) is 4.27. The normalized spacial score (nSPS) is 24.3. The SMILES string of the molecule is CC1(NC(=O)c2cccc(N)n2)CCOC1. The highest BCUT2D eigenvalue weighted by Gasteiger charge is 2.31. The number of hydrogen-bond donors (Lipinski definition) is 2. The highest BCUT2D eigenvalue weighted by atomic mass is 16.5. The Kier molecular flexibility index (Phi) is 2.78. The Morgan fingerprint density at radius 2 is 2.44 bits per heavy atom. The molecular weight excluding hydrogens is 206 g/mol. The van der Waals surface area contributed by atoms with E-state index in [4.69, 9.17) is 10.5 Å². The molecule has 1 aliphatic rings. The van der Waals surface area contributed by atoms with Gasteiger partial charge in [-0.1, -0.05) is 6.07 Å². The van der Waals surface area contributed by atoms with Crippen LogP contribution in [0.1, 0.15) is 23.8 Å². The molecule has 2 rings (SSSR count). The summed E-state index contributed by atoms with van der Waals surface area (Å²) in [6.45, 7) is 3.19. The molecule has 0 aliphatic carbocycles. The lowest BCUT2D eigenvalue weighted by Crippen LogP contribution is -2.46. The third-order valence-electron chi connectivity index (χ3n) is 2.64. The van der Waals surface area contributed by atoms with Gasteiger partial charge in [0.05, 0.1) is 12.1 Å². The number of carbonyl (C=O) groups excluding carboxylic acids is 1. The highest BCUT2D eigenvalue weighted by molar-refractivity contribution is 5.93. The molecule has 1 saturated heterocycles. The van der Waals surface area contributed by atoms with Crippen molar-refractivity contribution in [2.24, 2.45) is 0 Å². The summed E-state index contributed by atoms with van der Waals surface area (Å²) in [5.74, 6) is 0.140. The number of carbonyl (C=O) groups is 1. The minimum Gasteiger partial charge on any atom is -0.384 e. The van der Waals surface area contributed by atoms with Gasteiger partial charge in [-0.05, 0) is 25.5 Å². The standard InChI is InChI=1S/C11H15N3O2/c1-11(5-6-16-7-11)14-10(15)8-3-2-4-9(12)13-8/h2-4H,5-7H2,1H3,(H2,12,13)(H,14,15). The minimum absolute atomic E-state index is 0.208. The summed E-state index contributed by atoms with van der Waals surface area (Å²) in [4.78, 5) is 15.8. The van der Waals surface area contributed by atoms with Gasteiger partial charge in [-0.15, -0.1) is 0 Å². The Balaban J connectivity index is 2.08. The fourth-order valence-electron chi connectivity index (χ4n) is 1.68. The van der Waals surface area contributed by atoms with Gasteiger partial charge in [-0.2, -0.15) is 0 Å². The van der Waals surface area contributed by atoms with E-state index in [1.54, 1.807) is 18.2 Å². The fourth-order valence-corrected chi connectivity index (χ4v) is 1.68. The van der Waals surface area contributed by atoms with E-state index in [1.165, 1.54) is 0 Å². The predicted octanol–water partition coefficient (Wildman–Crippen LogP) is 0.573. The van der Waals surface area contributed by atoms with Crippen LogP contribution in [-0.2, 0) is 4.74 Å². The summed E-state index contributed by atoms with van der Waals surface area (Å²) < 4.78 is 5.26. The van der Waals surface area contributed by atoms with Crippen LogP contribution in [0.3, 0.4) is 0 Å². The van der Waals surface area contributed by atoms with Crippen molar-refractivity contribution in [2.45, 2.75) is 18.9 Å². The van der Waals surface area contributed by atoms with Gasteiger partial charge in [0.2, 0.25) is 0 Å². The number of hydrogen-bond acceptors (Lipinski definition) is 4. The smallest absolute Gasteiger partial charge is 0.270 e. The van der Waals surface area contributed by atoms with E-state index in [-0.39, 0.29) is 11.4 Å². The lowest BCUT2D eigenvalue weighted by molar-refractivity contribution is 0.0885. The second-order valence-corrected chi connectivity index (χ2v) is 4.27. The van der Waals surface area contributed by atoms with Crippen molar-refractivity contribution in [2.75, 3.05) is 18.9 Å². The van der Waals surface area contributed by atoms with Gasteiger partial charge in [-0.3, -0.25) is 4.79 Å². The van der Waals surface area contributed by atoms with E-state index in [0.29, 0.717) is 24.7 Å². The van der Waals surface area contributed by atoms with Crippen molar-refractivity contribution in [1.29, 1.82) is 0 Å². The maximum Gasteiger partial charge on any atom is 0.270 e. The van der Waals surface area contributed by atoms with Crippen LogP contribution in [0.15, 0.2) is 18.2 Å². The Morgan fingerprint density at radius 3 is 3.06 bits per heavy atom. The van der Waals surface area contributed by atoms with Gasteiger partial charge in [0.1, 0.15) is 11.5 Å². The van der Waals surface area contributed by atoms with Crippen molar-refractivity contribution >= 4 is 11.7 Å². The molecule has 1 aliphatic heterocycles. The summed E-state index contributed by atoms with van der Waals surface area (Å²) in [6, 6.07) is 5.01. The molecule has 1 atom stereocenters. The molecule has 0 bridgehead atoms. The highest BCUT2D eigenvalue weighted by Crippen LogP contribution is 2.18. The predicted molar refractivity (Wildman–Crippen MR) is 60.0 cm³/mol. The van der Waals surface area contributed by atoms with Crippen LogP contribution in [0.25, 0.3) is 0 Å². The summed E-state index contributed by atoms with van der Waals surface area (Å²) in [5, 5.41) is 2.92. The largest absolute Gasteiger partial charge is 0.384 e. The molecule has 1 fully saturated rings. The number of rotatable bonds is 2. The van der Waals surface area contributed by atoms with Crippen LogP contribution in [0.5, 0.6) is 0 Å². The lowest BCUT2D eigenvalue weighted by atomic mass is 10.0. The first kappa shape index (κ1) is 10.9. The van der Waals surface area contributed by atoms with E-state index < -0.39 is 0 Å². The second kappa shape index (κ2) is 4.09. The third-order valence-corrected chi connectivity index (χ3v) is 2.64. The van der Waals surface area contributed by atoms with Crippen molar-refractivity contribution in [1.82, 2.24) is 10.3 Å². The molecular formula is C11H15N3O2. The van der Waals surface area contributed by atoms with Crippen molar-refractivity contribution < 1.29 is 9.53 Å². The van der Waals surface area contributed by atoms with Crippen molar-refractivity contribution in [3.8, 4) is 0 Å². The van der Waals surface area contributed by atoms with Gasteiger partial charge in [0.15, 0.2) is 0 Å². The monoisotopic (exact) mass is 221 g/mol. The van der Waals surface area contributed by atoms with Crippen LogP contribution in [-0.4, -0.2) is 29.6 Å². The van der Waals surface area contributed by atoms with Gasteiger partial charge < -0.3 is 15.8 Å². The number of aromatic nitrogens is 1. The number of nitrogen functional groups attached to an aromatic ring is 1. The van der Waals surface area contributed by atoms with Crippen LogP contribution in [0.4, 0.5) is 5.82 Å². The molecule has 2 heterocycles. The number of pyridine rings is 1. The molecule has 3 N–H and O–H groups in total. The zero-order valence-corrected chi connectivity index (χ0v) is 9.19. The Hall–Kier alpha value is -1.62. The quantitative estimate of drug-likeness (QED) is 0.765. The van der Waals surface area contributed by atoms with Crippen molar-refractivity contribution in [3.63, 3.8) is 0 Å². The summed E-state index contributed by atoms with van der Waals surface area (Å²) in [7, 11) is 0. The van der Waals surface area contributed by atoms with Gasteiger partial charge in [0.25, 0.3) is 5.91 Å². The van der Waals surface area contributed by atoms with Gasteiger partial charge in [-0.25, -0.2) is 4.98 Å². The van der Waals surface area contributed by atoms with Gasteiger partial charge in [0, 0.05) is 6.61 Å². The molecule has 5 nitrogen and oxygen atoms in total. The molecule has 0 aromatic carbocycles. The number of ether oxygens (including phenoxy) is 1. The minimum atomic E-state index is -0.288. The zero-order chi connectivity index (χ0) is 11.6. The number of nitrogens with two attached hydrogens (primary N) is 1.